The van der Waals surface area contributed by atoms with Gasteiger partial charge < -0.3 is 24.1 Å². The number of fused-ring (bicyclic) bond motifs is 1. The second-order valence-corrected chi connectivity index (χ2v) is 10.5. The van der Waals surface area contributed by atoms with Crippen LogP contribution in [0.25, 0.3) is 11.2 Å². The molecular formula is C21H25ClN5O6P. The maximum absolute atomic E-state index is 13.3. The van der Waals surface area contributed by atoms with E-state index in [9.17, 15) is 14.2 Å². The fourth-order valence-electron chi connectivity index (χ4n) is 3.23. The van der Waals surface area contributed by atoms with Crippen LogP contribution in [-0.2, 0) is 36.3 Å². The van der Waals surface area contributed by atoms with Crippen LogP contribution in [0.5, 0.6) is 0 Å². The molecule has 0 aliphatic heterocycles. The molecule has 2 heterocycles. The normalized spacial score (nSPS) is 15.4. The Morgan fingerprint density at radius 1 is 1.29 bits per heavy atom. The molecule has 1 atom stereocenters. The molecule has 3 N–H and O–H groups in total. The van der Waals surface area contributed by atoms with Crippen molar-refractivity contribution in [2.75, 3.05) is 31.7 Å². The fraction of sp³-hybridized carbons (Fsp3) is 0.429. The molecule has 182 valence electrons. The molecule has 11 nitrogen and oxygen atoms in total. The molecule has 2 aromatic heterocycles. The lowest BCUT2D eigenvalue weighted by molar-refractivity contribution is -0.122. The van der Waals surface area contributed by atoms with Crippen molar-refractivity contribution in [3.05, 3.63) is 51.5 Å². The number of Topliss-reactive ketones (excluding diaryl/α,β-unsaturated/α-hetero) is 1. The highest BCUT2D eigenvalue weighted by molar-refractivity contribution is 7.53. The maximum atomic E-state index is 13.3. The first-order valence-corrected chi connectivity index (χ1v) is 12.9. The Kier molecular flexibility index (Phi) is 7.80. The Morgan fingerprint density at radius 3 is 2.88 bits per heavy atom. The number of hydrogen-bond donors (Lipinski definition) is 2. The van der Waals surface area contributed by atoms with Crippen LogP contribution >= 0.6 is 19.2 Å². The minimum Gasteiger partial charge on any atom is -0.379 e. The van der Waals surface area contributed by atoms with Crippen LogP contribution in [-0.4, -0.2) is 51.3 Å². The molecule has 4 rings (SSSR count). The second-order valence-electron chi connectivity index (χ2n) is 7.93. The molecule has 1 aliphatic carbocycles. The standard InChI is InChI=1S/C21H25ClN5O6P/c22-16-3-1-2-14(10-16)11-32-34(30,33-12-17(28)15-4-5-15)9-8-31-7-6-27-13-24-18-19(27)25-21(23)26-20(18)29/h1-3,10,13,15H,4-9,11-12H2,(H3,23,25,26,29). The molecular weight excluding hydrogens is 485 g/mol. The van der Waals surface area contributed by atoms with E-state index >= 15 is 0 Å². The van der Waals surface area contributed by atoms with Crippen molar-refractivity contribution in [3.63, 3.8) is 0 Å². The Labute approximate surface area is 200 Å². The van der Waals surface area contributed by atoms with E-state index in [0.29, 0.717) is 17.2 Å². The van der Waals surface area contributed by atoms with Gasteiger partial charge in [0.1, 0.15) is 6.61 Å². The molecule has 1 aromatic carbocycles. The van der Waals surface area contributed by atoms with Crippen molar-refractivity contribution >= 4 is 42.1 Å². The zero-order valence-corrected chi connectivity index (χ0v) is 20.0. The number of anilines is 1. The molecule has 0 amide bonds. The predicted octanol–water partition coefficient (Wildman–Crippen LogP) is 2.78. The number of H-pyrrole nitrogens is 1. The summed E-state index contributed by atoms with van der Waals surface area (Å²) in [5.74, 6) is -0.0744. The Hall–Kier alpha value is -2.56. The Balaban J connectivity index is 1.31. The van der Waals surface area contributed by atoms with E-state index in [2.05, 4.69) is 15.0 Å². The minimum absolute atomic E-state index is 0.00230. The Bertz CT molecular complexity index is 1270. The molecule has 34 heavy (non-hydrogen) atoms. The highest BCUT2D eigenvalue weighted by Gasteiger charge is 2.32. The summed E-state index contributed by atoms with van der Waals surface area (Å²) < 4.78 is 31.6. The van der Waals surface area contributed by atoms with Crippen LogP contribution in [0.2, 0.25) is 5.02 Å². The van der Waals surface area contributed by atoms with E-state index in [1.54, 1.807) is 28.8 Å². The molecule has 1 aliphatic rings. The van der Waals surface area contributed by atoms with Crippen LogP contribution in [0, 0.1) is 5.92 Å². The van der Waals surface area contributed by atoms with E-state index in [4.69, 9.17) is 31.1 Å². The van der Waals surface area contributed by atoms with Crippen molar-refractivity contribution < 1.29 is 23.1 Å². The topological polar surface area (TPSA) is 151 Å². The molecule has 1 saturated carbocycles. The van der Waals surface area contributed by atoms with Gasteiger partial charge in [-0.1, -0.05) is 23.7 Å². The van der Waals surface area contributed by atoms with Gasteiger partial charge in [-0.05, 0) is 30.5 Å². The zero-order valence-electron chi connectivity index (χ0n) is 18.3. The lowest BCUT2D eigenvalue weighted by atomic mass is 10.2. The van der Waals surface area contributed by atoms with Gasteiger partial charge >= 0.3 is 7.60 Å². The van der Waals surface area contributed by atoms with Crippen molar-refractivity contribution in [3.8, 4) is 0 Å². The Morgan fingerprint density at radius 2 is 2.12 bits per heavy atom. The quantitative estimate of drug-likeness (QED) is 0.261. The minimum atomic E-state index is -3.60. The summed E-state index contributed by atoms with van der Waals surface area (Å²) in [6, 6.07) is 7.00. The van der Waals surface area contributed by atoms with Gasteiger partial charge in [-0.25, -0.2) is 4.98 Å². The van der Waals surface area contributed by atoms with Gasteiger partial charge in [0.05, 0.1) is 32.3 Å². The number of imidazole rings is 1. The predicted molar refractivity (Wildman–Crippen MR) is 126 cm³/mol. The van der Waals surface area contributed by atoms with Gasteiger partial charge in [-0.15, -0.1) is 0 Å². The molecule has 0 bridgehead atoms. The van der Waals surface area contributed by atoms with Crippen LogP contribution in [0.15, 0.2) is 35.4 Å². The van der Waals surface area contributed by atoms with Crippen LogP contribution < -0.4 is 11.3 Å². The van der Waals surface area contributed by atoms with Crippen LogP contribution in [0.1, 0.15) is 18.4 Å². The highest BCUT2D eigenvalue weighted by Crippen LogP contribution is 2.49. The average Bonchev–Trinajstić information content (AvgIpc) is 3.58. The van der Waals surface area contributed by atoms with Crippen LogP contribution in [0.4, 0.5) is 5.95 Å². The molecule has 13 heteroatoms. The number of nitrogens with zero attached hydrogens (tertiary/aromatic N) is 3. The molecule has 1 fully saturated rings. The number of carbonyl (C=O) groups excluding carboxylic acids is 1. The number of aromatic nitrogens is 4. The monoisotopic (exact) mass is 509 g/mol. The third-order valence-electron chi connectivity index (χ3n) is 5.23. The number of hydrogen-bond acceptors (Lipinski definition) is 9. The molecule has 0 saturated heterocycles. The maximum Gasteiger partial charge on any atom is 0.333 e. The van der Waals surface area contributed by atoms with Gasteiger partial charge in [0.15, 0.2) is 16.9 Å². The van der Waals surface area contributed by atoms with E-state index in [-0.39, 0.29) is 55.8 Å². The number of benzene rings is 1. The third kappa shape index (κ3) is 6.52. The van der Waals surface area contributed by atoms with E-state index in [1.807, 2.05) is 0 Å². The summed E-state index contributed by atoms with van der Waals surface area (Å²) in [4.78, 5) is 34.4. The van der Waals surface area contributed by atoms with Gasteiger partial charge in [0, 0.05) is 17.5 Å². The smallest absolute Gasteiger partial charge is 0.333 e. The lowest BCUT2D eigenvalue weighted by Crippen LogP contribution is -2.15. The number of halogens is 1. The fourth-order valence-corrected chi connectivity index (χ4v) is 4.79. The third-order valence-corrected chi connectivity index (χ3v) is 7.24. The highest BCUT2D eigenvalue weighted by atomic mass is 35.5. The van der Waals surface area contributed by atoms with E-state index in [0.717, 1.165) is 18.4 Å². The van der Waals surface area contributed by atoms with Crippen LogP contribution in [0.3, 0.4) is 0 Å². The summed E-state index contributed by atoms with van der Waals surface area (Å²) >= 11 is 6.00. The largest absolute Gasteiger partial charge is 0.379 e. The van der Waals surface area contributed by atoms with Crippen molar-refractivity contribution in [2.24, 2.45) is 5.92 Å². The van der Waals surface area contributed by atoms with E-state index in [1.165, 1.54) is 6.33 Å². The number of nitrogen functional groups attached to an aromatic ring is 1. The first kappa shape index (κ1) is 24.6. The van der Waals surface area contributed by atoms with Crippen molar-refractivity contribution in [1.29, 1.82) is 0 Å². The number of nitrogens with two attached hydrogens (primary N) is 1. The summed E-state index contributed by atoms with van der Waals surface area (Å²) in [6.07, 6.45) is 3.13. The first-order valence-electron chi connectivity index (χ1n) is 10.8. The molecule has 3 aromatic rings. The zero-order chi connectivity index (χ0) is 24.1. The second kappa shape index (κ2) is 10.8. The molecule has 1 unspecified atom stereocenters. The molecule has 0 radical (unpaired) electrons. The van der Waals surface area contributed by atoms with Gasteiger partial charge in [0.2, 0.25) is 5.95 Å². The van der Waals surface area contributed by atoms with Crippen molar-refractivity contribution in [1.82, 2.24) is 19.5 Å². The van der Waals surface area contributed by atoms with Crippen molar-refractivity contribution in [2.45, 2.75) is 26.0 Å². The summed E-state index contributed by atoms with van der Waals surface area (Å²) in [5.41, 5.74) is 6.45. The number of aromatic amines is 1. The number of rotatable bonds is 13. The lowest BCUT2D eigenvalue weighted by Gasteiger charge is -2.18. The average molecular weight is 510 g/mol. The number of ether oxygens (including phenoxy) is 1. The summed E-state index contributed by atoms with van der Waals surface area (Å²) in [7, 11) is -3.60. The van der Waals surface area contributed by atoms with E-state index < -0.39 is 13.2 Å². The number of ketones is 1. The summed E-state index contributed by atoms with van der Waals surface area (Å²) in [6.45, 7) is 0.432. The van der Waals surface area contributed by atoms with Gasteiger partial charge in [-0.2, -0.15) is 4.98 Å². The number of carbonyl (C=O) groups is 1. The summed E-state index contributed by atoms with van der Waals surface area (Å²) in [5, 5.41) is 0.536. The van der Waals surface area contributed by atoms with Gasteiger partial charge in [0.25, 0.3) is 5.56 Å². The molecule has 0 spiro atoms. The van der Waals surface area contributed by atoms with Gasteiger partial charge in [-0.3, -0.25) is 19.1 Å². The number of nitrogens with one attached hydrogen (secondary N) is 1. The first-order chi connectivity index (χ1) is 16.3. The SMILES string of the molecule is Nc1nc2c(ncn2CCOCCP(=O)(OCC(=O)C2CC2)OCc2cccc(Cl)c2)c(=O)[nH]1.